The van der Waals surface area contributed by atoms with Crippen LogP contribution in [-0.4, -0.2) is 52.9 Å². The minimum atomic E-state index is -0.263. The van der Waals surface area contributed by atoms with Crippen LogP contribution in [0.15, 0.2) is 65.9 Å². The largest absolute Gasteiger partial charge is 0.439 e. The summed E-state index contributed by atoms with van der Waals surface area (Å²) in [5.74, 6) is 0.728. The molecule has 1 saturated carbocycles. The lowest BCUT2D eigenvalue weighted by atomic mass is 9.86. The first-order valence-corrected chi connectivity index (χ1v) is 15.0. The number of rotatable bonds is 7. The lowest BCUT2D eigenvalue weighted by Gasteiger charge is -2.46. The third kappa shape index (κ3) is 5.56. The summed E-state index contributed by atoms with van der Waals surface area (Å²) in [5, 5.41) is 12.7. The van der Waals surface area contributed by atoms with E-state index in [9.17, 15) is 14.4 Å². The van der Waals surface area contributed by atoms with Gasteiger partial charge in [-0.2, -0.15) is 0 Å². The number of ether oxygens (including phenoxy) is 1. The van der Waals surface area contributed by atoms with E-state index in [1.807, 2.05) is 43.3 Å². The quantitative estimate of drug-likeness (QED) is 0.372. The second kappa shape index (κ2) is 11.6. The Hall–Kier alpha value is -3.83. The maximum atomic E-state index is 13.6. The molecule has 1 aliphatic carbocycles. The van der Waals surface area contributed by atoms with Crippen molar-refractivity contribution in [3.8, 4) is 11.6 Å². The van der Waals surface area contributed by atoms with Crippen LogP contribution in [0.3, 0.4) is 0 Å². The second-order valence-electron chi connectivity index (χ2n) is 10.9. The molecule has 4 aliphatic rings. The second-order valence-corrected chi connectivity index (χ2v) is 12.0. The van der Waals surface area contributed by atoms with Gasteiger partial charge in [0.2, 0.25) is 11.8 Å². The third-order valence-corrected chi connectivity index (χ3v) is 9.53. The predicted molar refractivity (Wildman–Crippen MR) is 157 cm³/mol. The van der Waals surface area contributed by atoms with Gasteiger partial charge >= 0.3 is 6.03 Å². The van der Waals surface area contributed by atoms with E-state index >= 15 is 0 Å². The van der Waals surface area contributed by atoms with Crippen LogP contribution >= 0.6 is 11.8 Å². The topological polar surface area (TPSA) is 125 Å². The third-order valence-electron chi connectivity index (χ3n) is 8.17. The smallest absolute Gasteiger partial charge is 0.326 e. The van der Waals surface area contributed by atoms with Crippen LogP contribution in [0.1, 0.15) is 37.7 Å². The van der Waals surface area contributed by atoms with E-state index in [4.69, 9.17) is 4.74 Å². The summed E-state index contributed by atoms with van der Waals surface area (Å²) >= 11 is 1.49. The molecule has 4 amide bonds. The number of thioether (sulfide) groups is 1. The molecule has 0 bridgehead atoms. The lowest BCUT2D eigenvalue weighted by Crippen LogP contribution is -2.62. The summed E-state index contributed by atoms with van der Waals surface area (Å²) in [5.41, 5.74) is 2.30. The first-order valence-electron chi connectivity index (χ1n) is 14.1. The van der Waals surface area contributed by atoms with Gasteiger partial charge in [-0.1, -0.05) is 36.5 Å². The summed E-state index contributed by atoms with van der Waals surface area (Å²) in [4.78, 5) is 45.8. The summed E-state index contributed by atoms with van der Waals surface area (Å²) in [6.07, 6.45) is 7.03. The zero-order valence-electron chi connectivity index (χ0n) is 22.9. The van der Waals surface area contributed by atoms with E-state index in [2.05, 4.69) is 32.8 Å². The summed E-state index contributed by atoms with van der Waals surface area (Å²) in [6.45, 7) is 6.21. The fraction of sp³-hybridized carbons (Fsp3) is 0.400. The number of urea groups is 1. The van der Waals surface area contributed by atoms with Crippen LogP contribution in [0, 0.1) is 12.8 Å². The van der Waals surface area contributed by atoms with E-state index < -0.39 is 0 Å². The molecule has 5 atom stereocenters. The molecular formula is C30H34N6O4S. The van der Waals surface area contributed by atoms with Crippen LogP contribution < -0.4 is 30.9 Å². The summed E-state index contributed by atoms with van der Waals surface area (Å²) in [6, 6.07) is 10.9. The Labute approximate surface area is 243 Å². The number of hydrogen-bond acceptors (Lipinski definition) is 7. The van der Waals surface area contributed by atoms with Gasteiger partial charge in [0.25, 0.3) is 5.91 Å². The Morgan fingerprint density at radius 3 is 2.71 bits per heavy atom. The van der Waals surface area contributed by atoms with E-state index in [1.165, 1.54) is 17.8 Å². The van der Waals surface area contributed by atoms with Gasteiger partial charge in [-0.3, -0.25) is 14.5 Å². The van der Waals surface area contributed by atoms with Crippen molar-refractivity contribution in [2.24, 2.45) is 5.92 Å². The van der Waals surface area contributed by atoms with Gasteiger partial charge < -0.3 is 26.0 Å². The molecule has 11 heteroatoms. The zero-order valence-corrected chi connectivity index (χ0v) is 23.7. The number of aromatic nitrogens is 1. The van der Waals surface area contributed by atoms with Gasteiger partial charge in [-0.15, -0.1) is 0 Å². The summed E-state index contributed by atoms with van der Waals surface area (Å²) < 4.78 is 5.89. The minimum Gasteiger partial charge on any atom is -0.439 e. The molecular weight excluding hydrogens is 540 g/mol. The number of aryl methyl sites for hydroxylation is 1. The van der Waals surface area contributed by atoms with Gasteiger partial charge in [-0.25, -0.2) is 9.78 Å². The molecule has 10 nitrogen and oxygen atoms in total. The van der Waals surface area contributed by atoms with Crippen molar-refractivity contribution in [1.82, 2.24) is 26.3 Å². The predicted octanol–water partition coefficient (Wildman–Crippen LogP) is 3.70. The number of para-hydroxylation sites is 1. The number of anilines is 1. The molecule has 3 fully saturated rings. The highest BCUT2D eigenvalue weighted by atomic mass is 32.2. The van der Waals surface area contributed by atoms with Gasteiger partial charge in [0, 0.05) is 29.8 Å². The number of nitrogens with one attached hydrogen (secondary N) is 4. The number of amides is 4. The molecule has 4 heterocycles. The number of benzene rings is 1. The fourth-order valence-electron chi connectivity index (χ4n) is 6.31. The van der Waals surface area contributed by atoms with Crippen molar-refractivity contribution >= 4 is 35.3 Å². The van der Waals surface area contributed by atoms with Gasteiger partial charge in [0.15, 0.2) is 0 Å². The molecule has 1 aromatic heterocycles. The van der Waals surface area contributed by atoms with Crippen molar-refractivity contribution in [2.45, 2.75) is 62.5 Å². The highest BCUT2D eigenvalue weighted by Crippen LogP contribution is 2.48. The SMILES string of the molecule is C=CC(=O)N[C@@H]1CCC[C@@H](NC(=O)C2=C3NC(=O)N(c4cnc(Oc5ccccc5)cc4C)C4CCNC(S2)C34)C1. The molecule has 0 radical (unpaired) electrons. The molecule has 3 unspecified atom stereocenters. The zero-order chi connectivity index (χ0) is 28.5. The van der Waals surface area contributed by atoms with Crippen LogP contribution in [-0.2, 0) is 9.59 Å². The number of hydrogen-bond donors (Lipinski definition) is 4. The van der Waals surface area contributed by atoms with Crippen LogP contribution in [0.4, 0.5) is 10.5 Å². The highest BCUT2D eigenvalue weighted by molar-refractivity contribution is 8.04. The van der Waals surface area contributed by atoms with Crippen molar-refractivity contribution in [2.75, 3.05) is 11.4 Å². The Bertz CT molecular complexity index is 1400. The van der Waals surface area contributed by atoms with Crippen molar-refractivity contribution in [1.29, 1.82) is 0 Å². The van der Waals surface area contributed by atoms with Crippen LogP contribution in [0.2, 0.25) is 0 Å². The Balaban J connectivity index is 1.20. The monoisotopic (exact) mass is 574 g/mol. The minimum absolute atomic E-state index is 0.00586. The van der Waals surface area contributed by atoms with E-state index in [0.29, 0.717) is 28.7 Å². The number of carbonyl (C=O) groups excluding carboxylic acids is 3. The van der Waals surface area contributed by atoms with Crippen molar-refractivity contribution in [3.05, 3.63) is 71.4 Å². The Morgan fingerprint density at radius 1 is 1.17 bits per heavy atom. The first-order chi connectivity index (χ1) is 19.9. The van der Waals surface area contributed by atoms with Gasteiger partial charge in [0.05, 0.1) is 28.2 Å². The molecule has 4 N–H and O–H groups in total. The standard InChI is InChI=1S/C30H34N6O4S/c1-3-23(37)33-18-8-7-9-19(15-18)34-28(38)27-26-25-21(12-13-31-29(25)41-27)36(30(39)35-26)22-16-32-24(14-17(22)2)40-20-10-5-4-6-11-20/h3-6,10-11,14,16,18-19,21,25,29,31H,1,7-9,12-13,15H2,2H3,(H,33,37)(H,34,38)(H,35,39)/t18-,19-,21?,25?,29?/m1/s1. The number of carbonyl (C=O) groups is 3. The van der Waals surface area contributed by atoms with Crippen molar-refractivity contribution < 1.29 is 19.1 Å². The lowest BCUT2D eigenvalue weighted by molar-refractivity contribution is -0.117. The van der Waals surface area contributed by atoms with Crippen molar-refractivity contribution in [3.63, 3.8) is 0 Å². The maximum Gasteiger partial charge on any atom is 0.326 e. The molecule has 3 aliphatic heterocycles. The number of pyridine rings is 1. The Kier molecular flexibility index (Phi) is 7.72. The van der Waals surface area contributed by atoms with Crippen LogP contribution in [0.5, 0.6) is 11.6 Å². The molecule has 41 heavy (non-hydrogen) atoms. The molecule has 2 saturated heterocycles. The summed E-state index contributed by atoms with van der Waals surface area (Å²) in [7, 11) is 0. The van der Waals surface area contributed by atoms with E-state index in [-0.39, 0.29) is 47.3 Å². The average molecular weight is 575 g/mol. The van der Waals surface area contributed by atoms with Gasteiger partial charge in [-0.05, 0) is 69.3 Å². The molecule has 0 spiro atoms. The van der Waals surface area contributed by atoms with E-state index in [1.54, 1.807) is 11.1 Å². The fourth-order valence-corrected chi connectivity index (χ4v) is 7.70. The number of piperidine rings is 1. The number of nitrogens with zero attached hydrogens (tertiary/aromatic N) is 2. The van der Waals surface area contributed by atoms with Crippen LogP contribution in [0.25, 0.3) is 0 Å². The molecule has 6 rings (SSSR count). The first kappa shape index (κ1) is 27.3. The van der Waals surface area contributed by atoms with E-state index in [0.717, 1.165) is 43.5 Å². The molecule has 1 aromatic carbocycles. The normalized spacial score (nSPS) is 27.0. The highest BCUT2D eigenvalue weighted by Gasteiger charge is 2.52. The average Bonchev–Trinajstić information content (AvgIpc) is 3.34. The molecule has 2 aromatic rings. The van der Waals surface area contributed by atoms with Gasteiger partial charge in [0.1, 0.15) is 5.75 Å². The maximum absolute atomic E-state index is 13.6. The Morgan fingerprint density at radius 2 is 1.95 bits per heavy atom. The molecule has 214 valence electrons.